The molecular weight excluding hydrogens is 318 g/mol. The van der Waals surface area contributed by atoms with E-state index in [1.807, 2.05) is 6.07 Å². The van der Waals surface area contributed by atoms with Gasteiger partial charge in [0.05, 0.1) is 5.69 Å². The molecule has 4 rings (SSSR count). The van der Waals surface area contributed by atoms with Gasteiger partial charge >= 0.3 is 0 Å². The van der Waals surface area contributed by atoms with Crippen molar-refractivity contribution >= 4 is 17.2 Å². The van der Waals surface area contributed by atoms with Gasteiger partial charge < -0.3 is 4.90 Å². The minimum Gasteiger partial charge on any atom is -0.341 e. The highest BCUT2D eigenvalue weighted by Gasteiger charge is 2.33. The predicted octanol–water partition coefficient (Wildman–Crippen LogP) is 3.25. The number of aromatic nitrogens is 1. The van der Waals surface area contributed by atoms with Crippen molar-refractivity contribution in [2.45, 2.75) is 25.8 Å². The third-order valence-corrected chi connectivity index (χ3v) is 5.73. The molecule has 2 fully saturated rings. The molecule has 1 aliphatic heterocycles. The summed E-state index contributed by atoms with van der Waals surface area (Å²) in [6.07, 6.45) is 3.26. The van der Waals surface area contributed by atoms with E-state index in [4.69, 9.17) is 4.98 Å². The Balaban J connectivity index is 1.35. The Hall–Kier alpha value is -1.72. The fourth-order valence-corrected chi connectivity index (χ4v) is 4.08. The molecule has 0 spiro atoms. The van der Waals surface area contributed by atoms with Gasteiger partial charge in [0.1, 0.15) is 5.01 Å². The lowest BCUT2D eigenvalue weighted by Crippen LogP contribution is -2.36. The summed E-state index contributed by atoms with van der Waals surface area (Å²) in [6.45, 7) is 4.67. The van der Waals surface area contributed by atoms with Gasteiger partial charge in [-0.25, -0.2) is 4.98 Å². The summed E-state index contributed by atoms with van der Waals surface area (Å²) in [6, 6.07) is 10.4. The fraction of sp³-hybridized carbons (Fsp3) is 0.474. The number of carbonyl (C=O) groups excluding carboxylic acids is 1. The molecule has 0 atom stereocenters. The number of benzene rings is 1. The smallest absolute Gasteiger partial charge is 0.225 e. The van der Waals surface area contributed by atoms with Gasteiger partial charge in [-0.3, -0.25) is 9.69 Å². The van der Waals surface area contributed by atoms with Crippen molar-refractivity contribution in [2.24, 2.45) is 5.92 Å². The van der Waals surface area contributed by atoms with Gasteiger partial charge in [-0.15, -0.1) is 11.3 Å². The maximum Gasteiger partial charge on any atom is 0.225 e. The van der Waals surface area contributed by atoms with E-state index in [0.717, 1.165) is 62.7 Å². The number of hydrogen-bond donors (Lipinski definition) is 0. The monoisotopic (exact) mass is 341 g/mol. The van der Waals surface area contributed by atoms with Crippen molar-refractivity contribution in [3.8, 4) is 10.6 Å². The predicted molar refractivity (Wildman–Crippen MR) is 96.7 cm³/mol. The topological polar surface area (TPSA) is 36.4 Å². The van der Waals surface area contributed by atoms with E-state index in [0.29, 0.717) is 11.8 Å². The molecule has 1 saturated heterocycles. The third-order valence-electron chi connectivity index (χ3n) is 4.78. The molecule has 2 aliphatic rings. The highest BCUT2D eigenvalue weighted by atomic mass is 32.1. The number of hydrogen-bond acceptors (Lipinski definition) is 4. The van der Waals surface area contributed by atoms with E-state index >= 15 is 0 Å². The van der Waals surface area contributed by atoms with Crippen LogP contribution in [0, 0.1) is 5.92 Å². The average Bonchev–Trinajstić information content (AvgIpc) is 3.40. The first-order chi connectivity index (χ1) is 11.8. The SMILES string of the molecule is O=C(C1CC1)N1CCCN(Cc2csc(-c3ccccc3)n2)CC1. The Bertz CT molecular complexity index is 696. The van der Waals surface area contributed by atoms with Crippen LogP contribution in [0.1, 0.15) is 25.0 Å². The number of amides is 1. The maximum atomic E-state index is 12.2. The van der Waals surface area contributed by atoms with E-state index in [-0.39, 0.29) is 0 Å². The van der Waals surface area contributed by atoms with Gasteiger partial charge in [-0.05, 0) is 19.3 Å². The molecule has 0 unspecified atom stereocenters. The summed E-state index contributed by atoms with van der Waals surface area (Å²) in [7, 11) is 0. The van der Waals surface area contributed by atoms with E-state index < -0.39 is 0 Å². The first-order valence-electron chi connectivity index (χ1n) is 8.80. The highest BCUT2D eigenvalue weighted by molar-refractivity contribution is 7.13. The van der Waals surface area contributed by atoms with Gasteiger partial charge in [-0.2, -0.15) is 0 Å². The molecule has 126 valence electrons. The molecule has 1 saturated carbocycles. The fourth-order valence-electron chi connectivity index (χ4n) is 3.26. The molecule has 2 heterocycles. The Morgan fingerprint density at radius 1 is 1.12 bits per heavy atom. The molecule has 0 N–H and O–H groups in total. The van der Waals surface area contributed by atoms with Gasteiger partial charge in [0.15, 0.2) is 0 Å². The van der Waals surface area contributed by atoms with Crippen molar-refractivity contribution in [2.75, 3.05) is 26.2 Å². The molecule has 2 aromatic rings. The summed E-state index contributed by atoms with van der Waals surface area (Å²) >= 11 is 1.71. The quantitative estimate of drug-likeness (QED) is 0.856. The number of carbonyl (C=O) groups is 1. The van der Waals surface area contributed by atoms with E-state index in [1.165, 1.54) is 5.56 Å². The van der Waals surface area contributed by atoms with E-state index in [9.17, 15) is 4.79 Å². The van der Waals surface area contributed by atoms with E-state index in [2.05, 4.69) is 39.4 Å². The third kappa shape index (κ3) is 3.68. The average molecular weight is 341 g/mol. The molecular formula is C19H23N3OS. The molecule has 0 radical (unpaired) electrons. The Morgan fingerprint density at radius 2 is 1.96 bits per heavy atom. The summed E-state index contributed by atoms with van der Waals surface area (Å²) in [5.41, 5.74) is 2.33. The normalized spacial score (nSPS) is 19.2. The Kier molecular flexibility index (Phi) is 4.63. The van der Waals surface area contributed by atoms with Crippen LogP contribution in [0.15, 0.2) is 35.7 Å². The first kappa shape index (κ1) is 15.8. The Labute approximate surface area is 147 Å². The first-order valence-corrected chi connectivity index (χ1v) is 9.68. The highest BCUT2D eigenvalue weighted by Crippen LogP contribution is 2.31. The lowest BCUT2D eigenvalue weighted by atomic mass is 10.2. The van der Waals surface area contributed by atoms with E-state index in [1.54, 1.807) is 11.3 Å². The number of nitrogens with zero attached hydrogens (tertiary/aromatic N) is 3. The largest absolute Gasteiger partial charge is 0.341 e. The molecule has 1 aliphatic carbocycles. The standard InChI is InChI=1S/C19H23N3OS/c23-19(16-7-8-16)22-10-4-9-21(11-12-22)13-17-14-24-18(20-17)15-5-2-1-3-6-15/h1-3,5-6,14,16H,4,7-13H2. The van der Waals surface area contributed by atoms with Crippen molar-refractivity contribution in [1.29, 1.82) is 0 Å². The minimum absolute atomic E-state index is 0.337. The van der Waals surface area contributed by atoms with Crippen LogP contribution in [-0.4, -0.2) is 46.9 Å². The van der Waals surface area contributed by atoms with Crippen LogP contribution in [0.3, 0.4) is 0 Å². The lowest BCUT2D eigenvalue weighted by Gasteiger charge is -2.21. The zero-order valence-electron chi connectivity index (χ0n) is 13.9. The van der Waals surface area contributed by atoms with Crippen LogP contribution in [0.5, 0.6) is 0 Å². The van der Waals surface area contributed by atoms with Gasteiger partial charge in [0, 0.05) is 49.6 Å². The molecule has 1 aromatic carbocycles. The van der Waals surface area contributed by atoms with Crippen LogP contribution in [0.4, 0.5) is 0 Å². The number of rotatable bonds is 4. The molecule has 0 bridgehead atoms. The van der Waals surface area contributed by atoms with Gasteiger partial charge in [-0.1, -0.05) is 30.3 Å². The summed E-state index contributed by atoms with van der Waals surface area (Å²) in [4.78, 5) is 21.5. The second-order valence-corrected chi connectivity index (χ2v) is 7.60. The van der Waals surface area contributed by atoms with Crippen LogP contribution < -0.4 is 0 Å². The van der Waals surface area contributed by atoms with Crippen LogP contribution in [-0.2, 0) is 11.3 Å². The van der Waals surface area contributed by atoms with Crippen LogP contribution in [0.25, 0.3) is 10.6 Å². The van der Waals surface area contributed by atoms with Crippen LogP contribution in [0.2, 0.25) is 0 Å². The molecule has 4 nitrogen and oxygen atoms in total. The summed E-state index contributed by atoms with van der Waals surface area (Å²) in [5, 5.41) is 3.26. The summed E-state index contributed by atoms with van der Waals surface area (Å²) in [5.74, 6) is 0.723. The van der Waals surface area contributed by atoms with Crippen molar-refractivity contribution in [1.82, 2.24) is 14.8 Å². The molecule has 1 aromatic heterocycles. The van der Waals surface area contributed by atoms with Gasteiger partial charge in [0.2, 0.25) is 5.91 Å². The molecule has 5 heteroatoms. The second-order valence-electron chi connectivity index (χ2n) is 6.74. The van der Waals surface area contributed by atoms with Crippen molar-refractivity contribution < 1.29 is 4.79 Å². The summed E-state index contributed by atoms with van der Waals surface area (Å²) < 4.78 is 0. The minimum atomic E-state index is 0.337. The van der Waals surface area contributed by atoms with Gasteiger partial charge in [0.25, 0.3) is 0 Å². The lowest BCUT2D eigenvalue weighted by molar-refractivity contribution is -0.132. The van der Waals surface area contributed by atoms with Crippen molar-refractivity contribution in [3.05, 3.63) is 41.4 Å². The molecule has 1 amide bonds. The van der Waals surface area contributed by atoms with Crippen LogP contribution >= 0.6 is 11.3 Å². The number of thiazole rings is 1. The maximum absolute atomic E-state index is 12.2. The zero-order valence-corrected chi connectivity index (χ0v) is 14.7. The Morgan fingerprint density at radius 3 is 2.75 bits per heavy atom. The van der Waals surface area contributed by atoms with Crippen molar-refractivity contribution in [3.63, 3.8) is 0 Å². The zero-order chi connectivity index (χ0) is 16.4. The molecule has 24 heavy (non-hydrogen) atoms. The second kappa shape index (κ2) is 7.03.